The van der Waals surface area contributed by atoms with Gasteiger partial charge in [0.2, 0.25) is 0 Å². The van der Waals surface area contributed by atoms with Crippen LogP contribution in [0.3, 0.4) is 0 Å². The van der Waals surface area contributed by atoms with Crippen molar-refractivity contribution in [3.05, 3.63) is 0 Å². The van der Waals surface area contributed by atoms with Crippen LogP contribution in [0.25, 0.3) is 0 Å². The van der Waals surface area contributed by atoms with E-state index < -0.39 is 28.4 Å². The number of rotatable bonds is 1. The SMILES string of the molecule is CC#N.O=S(=O)(OC(F)(F)F)C(F)(F)F.[F-].[O-]C(F)(F)F.[Rb+].[Rb+]. The summed E-state index contributed by atoms with van der Waals surface area (Å²) in [4.78, 5) is 0. The second-order valence-electron chi connectivity index (χ2n) is 2.10. The molecular formula is C5H3F10NO4Rb2S. The number of halogens is 10. The maximum Gasteiger partial charge on any atom is 1.00 e. The Morgan fingerprint density at radius 1 is 0.957 bits per heavy atom. The second-order valence-corrected chi connectivity index (χ2v) is 3.64. The Labute approximate surface area is 220 Å². The van der Waals surface area contributed by atoms with Crippen molar-refractivity contribution in [2.45, 2.75) is 25.2 Å². The topological polar surface area (TPSA) is 90.2 Å². The summed E-state index contributed by atoms with van der Waals surface area (Å²) in [5, 5.41) is 15.4. The molecule has 0 radical (unpaired) electrons. The Morgan fingerprint density at radius 3 is 1.17 bits per heavy atom. The van der Waals surface area contributed by atoms with Gasteiger partial charge in [-0.2, -0.15) is 44.2 Å². The molecule has 23 heavy (non-hydrogen) atoms. The van der Waals surface area contributed by atoms with Crippen LogP contribution in [0.15, 0.2) is 0 Å². The van der Waals surface area contributed by atoms with E-state index in [1.165, 1.54) is 6.92 Å². The minimum Gasteiger partial charge on any atom is -1.00 e. The molecule has 0 spiro atoms. The fourth-order valence-corrected chi connectivity index (χ4v) is 0.515. The average molecular weight is 534 g/mol. The average Bonchev–Trinajstić information content (AvgIpc) is 1.93. The van der Waals surface area contributed by atoms with E-state index in [9.17, 15) is 47.9 Å². The van der Waals surface area contributed by atoms with Crippen molar-refractivity contribution in [3.63, 3.8) is 0 Å². The molecule has 0 fully saturated rings. The van der Waals surface area contributed by atoms with Crippen LogP contribution in [0.5, 0.6) is 0 Å². The zero-order valence-corrected chi connectivity index (χ0v) is 21.9. The van der Waals surface area contributed by atoms with Crippen LogP contribution in [0, 0.1) is 11.3 Å². The van der Waals surface area contributed by atoms with Gasteiger partial charge in [0.1, 0.15) is 0 Å². The van der Waals surface area contributed by atoms with Crippen molar-refractivity contribution in [2.24, 2.45) is 0 Å². The molecule has 0 saturated heterocycles. The normalized spacial score (nSPS) is 10.7. The molecule has 0 aliphatic carbocycles. The van der Waals surface area contributed by atoms with E-state index in [2.05, 4.69) is 0 Å². The largest absolute Gasteiger partial charge is 1.00 e. The number of alkyl halides is 9. The molecule has 0 aromatic rings. The molecule has 0 bridgehead atoms. The van der Waals surface area contributed by atoms with Crippen LogP contribution in [-0.2, 0) is 14.3 Å². The third-order valence-electron chi connectivity index (χ3n) is 0.488. The van der Waals surface area contributed by atoms with Crippen molar-refractivity contribution < 1.29 is 178 Å². The van der Waals surface area contributed by atoms with E-state index in [0.29, 0.717) is 0 Å². The van der Waals surface area contributed by atoms with Gasteiger partial charge in [-0.05, 0) is 0 Å². The zero-order chi connectivity index (χ0) is 17.4. The number of nitriles is 1. The molecule has 0 rings (SSSR count). The van der Waals surface area contributed by atoms with E-state index in [4.69, 9.17) is 10.4 Å². The Balaban J connectivity index is -0.0000000562. The zero-order valence-electron chi connectivity index (χ0n) is 11.3. The molecule has 0 saturated carbocycles. The summed E-state index contributed by atoms with van der Waals surface area (Å²) in [6.45, 7) is 1.43. The predicted octanol–water partition coefficient (Wildman–Crippen LogP) is -7.22. The van der Waals surface area contributed by atoms with E-state index >= 15 is 0 Å². The quantitative estimate of drug-likeness (QED) is 0.190. The molecular weight excluding hydrogens is 531 g/mol. The van der Waals surface area contributed by atoms with Crippen molar-refractivity contribution >= 4 is 10.1 Å². The third kappa shape index (κ3) is 40.4. The monoisotopic (exact) mass is 533 g/mol. The van der Waals surface area contributed by atoms with Crippen molar-refractivity contribution in [2.75, 3.05) is 0 Å². The second kappa shape index (κ2) is 16.4. The molecule has 0 aliphatic heterocycles. The van der Waals surface area contributed by atoms with Gasteiger partial charge >= 0.3 is 145 Å². The van der Waals surface area contributed by atoms with E-state index in [1.807, 2.05) is 4.18 Å². The molecule has 0 amide bonds. The van der Waals surface area contributed by atoms with Gasteiger partial charge in [-0.15, -0.1) is 13.2 Å². The van der Waals surface area contributed by atoms with Gasteiger partial charge in [-0.25, -0.2) is 0 Å². The molecule has 130 valence electrons. The maximum atomic E-state index is 11.2. The summed E-state index contributed by atoms with van der Waals surface area (Å²) >= 11 is 0. The molecule has 18 heteroatoms. The van der Waals surface area contributed by atoms with Crippen LogP contribution >= 0.6 is 0 Å². The first-order valence-electron chi connectivity index (χ1n) is 3.54. The molecule has 0 atom stereocenters. The molecule has 5 nitrogen and oxygen atoms in total. The number of nitrogens with zero attached hydrogens (tertiary/aromatic N) is 1. The van der Waals surface area contributed by atoms with Gasteiger partial charge in [0.25, 0.3) is 0 Å². The Kier molecular flexibility index (Phi) is 28.7. The Hall–Kier alpha value is 2.27. The van der Waals surface area contributed by atoms with Crippen LogP contribution in [0.4, 0.5) is 39.5 Å². The van der Waals surface area contributed by atoms with Gasteiger partial charge in [-0.3, -0.25) is 0 Å². The minimum atomic E-state index is -6.58. The molecule has 0 aliphatic rings. The number of hydrogen-bond acceptors (Lipinski definition) is 5. The van der Waals surface area contributed by atoms with Crippen LogP contribution in [0.1, 0.15) is 6.92 Å². The standard InChI is InChI=1S/C2F6O3S.C2H3N.CF3O.FH.2Rb/c3-1(4,5)11-12(9,10)2(6,7)8;1-2-3;2-1(3,4)5;;;/h;1H3;;1H;;/q;;-1;;2*+1/p-1. The molecule has 0 aromatic carbocycles. The van der Waals surface area contributed by atoms with Gasteiger partial charge < -0.3 is 9.81 Å². The van der Waals surface area contributed by atoms with Gasteiger partial charge in [0, 0.05) is 6.92 Å². The van der Waals surface area contributed by atoms with Crippen molar-refractivity contribution in [1.29, 1.82) is 5.26 Å². The summed E-state index contributed by atoms with van der Waals surface area (Å²) < 4.78 is 117. The van der Waals surface area contributed by atoms with E-state index in [-0.39, 0.29) is 121 Å². The van der Waals surface area contributed by atoms with E-state index in [1.54, 1.807) is 6.07 Å². The first-order valence-corrected chi connectivity index (χ1v) is 4.95. The predicted molar refractivity (Wildman–Crippen MR) is 39.5 cm³/mol. The first kappa shape index (κ1) is 40.1. The van der Waals surface area contributed by atoms with Crippen LogP contribution in [-0.4, -0.2) is 26.7 Å². The minimum absolute atomic E-state index is 0. The Bertz CT molecular complexity index is 405. The van der Waals surface area contributed by atoms with E-state index in [0.717, 1.165) is 0 Å². The van der Waals surface area contributed by atoms with Gasteiger partial charge in [0.15, 0.2) is 0 Å². The first-order chi connectivity index (χ1) is 8.37. The molecule has 0 heterocycles. The fraction of sp³-hybridized carbons (Fsp3) is 0.800. The smallest absolute Gasteiger partial charge is 1.00 e. The van der Waals surface area contributed by atoms with Gasteiger partial charge in [-0.1, -0.05) is 0 Å². The summed E-state index contributed by atoms with van der Waals surface area (Å²) in [7, 11) is -6.58. The third-order valence-corrected chi connectivity index (χ3v) is 1.46. The summed E-state index contributed by atoms with van der Waals surface area (Å²) in [6, 6.07) is 1.75. The summed E-state index contributed by atoms with van der Waals surface area (Å²) in [5.41, 5.74) is -6.07. The van der Waals surface area contributed by atoms with Crippen molar-refractivity contribution in [3.8, 4) is 6.07 Å². The Morgan fingerprint density at radius 2 is 1.13 bits per heavy atom. The summed E-state index contributed by atoms with van der Waals surface area (Å²) in [5.74, 6) is 0. The molecule has 0 unspecified atom stereocenters. The van der Waals surface area contributed by atoms with Crippen LogP contribution in [0.2, 0.25) is 0 Å². The summed E-state index contributed by atoms with van der Waals surface area (Å²) in [6.07, 6.45) is -11.1. The van der Waals surface area contributed by atoms with Crippen LogP contribution < -0.4 is 126 Å². The van der Waals surface area contributed by atoms with Crippen molar-refractivity contribution in [1.82, 2.24) is 0 Å². The fourth-order valence-electron chi connectivity index (χ4n) is 0.172. The number of hydrogen-bond donors (Lipinski definition) is 0. The van der Waals surface area contributed by atoms with Gasteiger partial charge in [0.05, 0.1) is 6.07 Å². The molecule has 0 N–H and O–H groups in total. The maximum absolute atomic E-state index is 11.2. The molecule has 0 aromatic heterocycles.